The number of benzene rings is 1. The number of hydrogen-bond acceptors (Lipinski definition) is 4. The van der Waals surface area contributed by atoms with Gasteiger partial charge in [-0.3, -0.25) is 0 Å². The Morgan fingerprint density at radius 2 is 2.05 bits per heavy atom. The monoisotopic (exact) mass is 290 g/mol. The van der Waals surface area contributed by atoms with Crippen molar-refractivity contribution < 1.29 is 9.53 Å². The van der Waals surface area contributed by atoms with Crippen LogP contribution in [-0.4, -0.2) is 19.1 Å². The fourth-order valence-electron chi connectivity index (χ4n) is 3.13. The van der Waals surface area contributed by atoms with E-state index >= 15 is 0 Å². The van der Waals surface area contributed by atoms with Crippen molar-refractivity contribution in [3.8, 4) is 0 Å². The summed E-state index contributed by atoms with van der Waals surface area (Å²) in [6, 6.07) is 5.33. The van der Waals surface area contributed by atoms with Gasteiger partial charge >= 0.3 is 5.97 Å². The Morgan fingerprint density at radius 3 is 2.62 bits per heavy atom. The number of nitrogens with two attached hydrogens (primary N) is 1. The van der Waals surface area contributed by atoms with Crippen LogP contribution in [0, 0.1) is 5.41 Å². The number of carbonyl (C=O) groups is 1. The highest BCUT2D eigenvalue weighted by Gasteiger charge is 2.31. The first kappa shape index (κ1) is 15.7. The third kappa shape index (κ3) is 3.69. The van der Waals surface area contributed by atoms with Gasteiger partial charge in [0.2, 0.25) is 0 Å². The second-order valence-corrected chi connectivity index (χ2v) is 5.94. The van der Waals surface area contributed by atoms with E-state index in [1.165, 1.54) is 32.1 Å². The Hall–Kier alpha value is -1.71. The Bertz CT molecular complexity index is 494. The lowest BCUT2D eigenvalue weighted by Crippen LogP contribution is -2.26. The molecule has 1 fully saturated rings. The van der Waals surface area contributed by atoms with E-state index in [1.54, 1.807) is 19.1 Å². The summed E-state index contributed by atoms with van der Waals surface area (Å²) in [6.07, 6.45) is 6.43. The molecular formula is C17H26N2O2. The molecule has 0 radical (unpaired) electrons. The summed E-state index contributed by atoms with van der Waals surface area (Å²) in [5.41, 5.74) is 8.48. The fraction of sp³-hybridized carbons (Fsp3) is 0.588. The minimum atomic E-state index is -0.323. The lowest BCUT2D eigenvalue weighted by molar-refractivity contribution is 0.0526. The van der Waals surface area contributed by atoms with Crippen molar-refractivity contribution in [3.05, 3.63) is 23.8 Å². The molecule has 0 aliphatic heterocycles. The van der Waals surface area contributed by atoms with Gasteiger partial charge in [-0.25, -0.2) is 4.79 Å². The number of nitrogen functional groups attached to an aromatic ring is 1. The molecule has 3 N–H and O–H groups in total. The molecule has 0 spiro atoms. The SMILES string of the molecule is CCOC(=O)c1ccc(NCC2(CC)CCCC2)c(N)c1. The van der Waals surface area contributed by atoms with E-state index in [4.69, 9.17) is 10.5 Å². The van der Waals surface area contributed by atoms with Crippen LogP contribution < -0.4 is 11.1 Å². The van der Waals surface area contributed by atoms with E-state index in [2.05, 4.69) is 12.2 Å². The third-order valence-electron chi connectivity index (χ3n) is 4.63. The van der Waals surface area contributed by atoms with Crippen LogP contribution in [-0.2, 0) is 4.74 Å². The Morgan fingerprint density at radius 1 is 1.33 bits per heavy atom. The van der Waals surface area contributed by atoms with Gasteiger partial charge < -0.3 is 15.8 Å². The number of carbonyl (C=O) groups excluding carboxylic acids is 1. The van der Waals surface area contributed by atoms with E-state index in [0.717, 1.165) is 12.2 Å². The first-order valence-electron chi connectivity index (χ1n) is 7.91. The van der Waals surface area contributed by atoms with Crippen molar-refractivity contribution in [1.82, 2.24) is 0 Å². The Labute approximate surface area is 127 Å². The summed E-state index contributed by atoms with van der Waals surface area (Å²) in [7, 11) is 0. The van der Waals surface area contributed by atoms with E-state index in [-0.39, 0.29) is 5.97 Å². The molecule has 0 atom stereocenters. The number of ether oxygens (including phenoxy) is 1. The van der Waals surface area contributed by atoms with Crippen LogP contribution in [0.3, 0.4) is 0 Å². The zero-order valence-electron chi connectivity index (χ0n) is 13.1. The van der Waals surface area contributed by atoms with Crippen molar-refractivity contribution in [2.24, 2.45) is 5.41 Å². The molecule has 4 heteroatoms. The van der Waals surface area contributed by atoms with Crippen molar-refractivity contribution in [3.63, 3.8) is 0 Å². The molecule has 1 aromatic rings. The summed E-state index contributed by atoms with van der Waals surface area (Å²) in [5.74, 6) is -0.323. The van der Waals surface area contributed by atoms with Gasteiger partial charge in [-0.1, -0.05) is 19.8 Å². The molecule has 0 heterocycles. The summed E-state index contributed by atoms with van der Waals surface area (Å²) in [4.78, 5) is 11.7. The number of esters is 1. The fourth-order valence-corrected chi connectivity index (χ4v) is 3.13. The number of rotatable bonds is 6. The van der Waals surface area contributed by atoms with Crippen LogP contribution in [0.15, 0.2) is 18.2 Å². The molecular weight excluding hydrogens is 264 g/mol. The van der Waals surface area contributed by atoms with Crippen LogP contribution in [0.25, 0.3) is 0 Å². The minimum Gasteiger partial charge on any atom is -0.462 e. The first-order valence-corrected chi connectivity index (χ1v) is 7.91. The van der Waals surface area contributed by atoms with Crippen LogP contribution >= 0.6 is 0 Å². The molecule has 2 rings (SSSR count). The van der Waals surface area contributed by atoms with E-state index in [0.29, 0.717) is 23.3 Å². The molecule has 0 amide bonds. The first-order chi connectivity index (χ1) is 10.1. The smallest absolute Gasteiger partial charge is 0.338 e. The molecule has 0 aromatic heterocycles. The molecule has 1 aliphatic rings. The number of anilines is 2. The maximum absolute atomic E-state index is 11.7. The highest BCUT2D eigenvalue weighted by atomic mass is 16.5. The van der Waals surface area contributed by atoms with Crippen LogP contribution in [0.4, 0.5) is 11.4 Å². The Kier molecular flexibility index (Phi) is 5.10. The highest BCUT2D eigenvalue weighted by Crippen LogP contribution is 2.41. The molecule has 1 aromatic carbocycles. The summed E-state index contributed by atoms with van der Waals surface area (Å²) >= 11 is 0. The highest BCUT2D eigenvalue weighted by molar-refractivity contribution is 5.91. The molecule has 0 unspecified atom stereocenters. The topological polar surface area (TPSA) is 64.3 Å². The predicted molar refractivity (Wildman–Crippen MR) is 86.5 cm³/mol. The van der Waals surface area contributed by atoms with E-state index < -0.39 is 0 Å². The minimum absolute atomic E-state index is 0.323. The normalized spacial score (nSPS) is 16.7. The summed E-state index contributed by atoms with van der Waals surface area (Å²) in [6.45, 7) is 5.38. The summed E-state index contributed by atoms with van der Waals surface area (Å²) < 4.78 is 4.98. The molecule has 21 heavy (non-hydrogen) atoms. The van der Waals surface area contributed by atoms with E-state index in [9.17, 15) is 4.79 Å². The quantitative estimate of drug-likeness (QED) is 0.617. The average molecular weight is 290 g/mol. The van der Waals surface area contributed by atoms with Gasteiger partial charge in [0.1, 0.15) is 0 Å². The second kappa shape index (κ2) is 6.83. The lowest BCUT2D eigenvalue weighted by atomic mass is 9.83. The molecule has 1 aliphatic carbocycles. The molecule has 0 saturated heterocycles. The second-order valence-electron chi connectivity index (χ2n) is 5.94. The maximum atomic E-state index is 11.7. The largest absolute Gasteiger partial charge is 0.462 e. The van der Waals surface area contributed by atoms with Crippen molar-refractivity contribution in [1.29, 1.82) is 0 Å². The molecule has 4 nitrogen and oxygen atoms in total. The Balaban J connectivity index is 2.02. The van der Waals surface area contributed by atoms with Gasteiger partial charge in [0.25, 0.3) is 0 Å². The zero-order chi connectivity index (χ0) is 15.3. The third-order valence-corrected chi connectivity index (χ3v) is 4.63. The lowest BCUT2D eigenvalue weighted by Gasteiger charge is -2.28. The standard InChI is InChI=1S/C17H26N2O2/c1-3-17(9-5-6-10-17)12-19-15-8-7-13(11-14(15)18)16(20)21-4-2/h7-8,11,19H,3-6,9-10,12,18H2,1-2H3. The van der Waals surface area contributed by atoms with Gasteiger partial charge in [0.15, 0.2) is 0 Å². The van der Waals surface area contributed by atoms with Crippen LogP contribution in [0.5, 0.6) is 0 Å². The van der Waals surface area contributed by atoms with Gasteiger partial charge in [-0.05, 0) is 49.8 Å². The molecule has 0 bridgehead atoms. The van der Waals surface area contributed by atoms with Gasteiger partial charge in [-0.2, -0.15) is 0 Å². The predicted octanol–water partition coefficient (Wildman–Crippen LogP) is 3.83. The average Bonchev–Trinajstić information content (AvgIpc) is 2.95. The molecule has 1 saturated carbocycles. The number of hydrogen-bond donors (Lipinski definition) is 2. The maximum Gasteiger partial charge on any atom is 0.338 e. The van der Waals surface area contributed by atoms with Crippen LogP contribution in [0.1, 0.15) is 56.3 Å². The van der Waals surface area contributed by atoms with Gasteiger partial charge in [-0.15, -0.1) is 0 Å². The van der Waals surface area contributed by atoms with Gasteiger partial charge in [0.05, 0.1) is 23.5 Å². The van der Waals surface area contributed by atoms with Crippen molar-refractivity contribution >= 4 is 17.3 Å². The van der Waals surface area contributed by atoms with Crippen molar-refractivity contribution in [2.75, 3.05) is 24.2 Å². The zero-order valence-corrected chi connectivity index (χ0v) is 13.1. The summed E-state index contributed by atoms with van der Waals surface area (Å²) in [5, 5.41) is 3.47. The molecule has 116 valence electrons. The van der Waals surface area contributed by atoms with Gasteiger partial charge in [0, 0.05) is 6.54 Å². The van der Waals surface area contributed by atoms with E-state index in [1.807, 2.05) is 6.07 Å². The van der Waals surface area contributed by atoms with Crippen LogP contribution in [0.2, 0.25) is 0 Å². The van der Waals surface area contributed by atoms with Crippen molar-refractivity contribution in [2.45, 2.75) is 46.0 Å². The number of nitrogens with one attached hydrogen (secondary N) is 1.